The van der Waals surface area contributed by atoms with Crippen molar-refractivity contribution in [2.45, 2.75) is 12.8 Å². The van der Waals surface area contributed by atoms with E-state index in [-0.39, 0.29) is 28.5 Å². The van der Waals surface area contributed by atoms with E-state index in [1.807, 2.05) is 4.90 Å². The molecular weight excluding hydrogens is 461 g/mol. The first-order valence-corrected chi connectivity index (χ1v) is 10.0. The van der Waals surface area contributed by atoms with E-state index in [9.17, 15) is 28.1 Å². The van der Waals surface area contributed by atoms with Crippen molar-refractivity contribution in [2.24, 2.45) is 0 Å². The largest absolute Gasteiger partial charge is 0.452 e. The van der Waals surface area contributed by atoms with E-state index in [1.165, 1.54) is 24.3 Å². The summed E-state index contributed by atoms with van der Waals surface area (Å²) in [6, 6.07) is 8.09. The first-order chi connectivity index (χ1) is 16.2. The molecule has 0 atom stereocenters. The number of ether oxygens (including phenoxy) is 2. The summed E-state index contributed by atoms with van der Waals surface area (Å²) in [5, 5.41) is 14.9. The molecule has 1 aliphatic rings. The fourth-order valence-electron chi connectivity index (χ4n) is 3.33. The van der Waals surface area contributed by atoms with E-state index in [0.29, 0.717) is 32.0 Å². The highest BCUT2D eigenvalue weighted by atomic mass is 19.4. The Morgan fingerprint density at radius 1 is 1.15 bits per heavy atom. The molecule has 4 rings (SSSR count). The number of morpholine rings is 1. The van der Waals surface area contributed by atoms with Gasteiger partial charge >= 0.3 is 12.1 Å². The van der Waals surface area contributed by atoms with Crippen molar-refractivity contribution in [1.29, 1.82) is 0 Å². The van der Waals surface area contributed by atoms with Gasteiger partial charge in [-0.05, 0) is 18.2 Å². The van der Waals surface area contributed by atoms with Crippen LogP contribution in [0, 0.1) is 10.1 Å². The van der Waals surface area contributed by atoms with Crippen molar-refractivity contribution < 1.29 is 36.9 Å². The summed E-state index contributed by atoms with van der Waals surface area (Å²) in [6.45, 7) is 1.45. The molecule has 0 aliphatic carbocycles. The molecule has 0 bridgehead atoms. The van der Waals surface area contributed by atoms with Crippen LogP contribution in [0.15, 0.2) is 47.0 Å². The van der Waals surface area contributed by atoms with Gasteiger partial charge in [0.05, 0.1) is 35.0 Å². The van der Waals surface area contributed by atoms with Gasteiger partial charge in [-0.3, -0.25) is 10.1 Å². The van der Waals surface area contributed by atoms with Crippen LogP contribution < -0.4 is 4.90 Å². The second kappa shape index (κ2) is 9.47. The van der Waals surface area contributed by atoms with Gasteiger partial charge in [0.2, 0.25) is 5.82 Å². The molecule has 10 nitrogen and oxygen atoms in total. The number of esters is 1. The standard InChI is InChI=1S/C21H17F3N4O6/c22-21(23,24)14-3-1-13(2-4-14)19-25-18(34-26-19)12-33-20(29)16-11-15(28(30)31)5-6-17(16)27-7-9-32-10-8-27/h1-6,11H,7-10,12H2. The van der Waals surface area contributed by atoms with Gasteiger partial charge in [-0.25, -0.2) is 4.79 Å². The van der Waals surface area contributed by atoms with Gasteiger partial charge in [-0.1, -0.05) is 17.3 Å². The summed E-state index contributed by atoms with van der Waals surface area (Å²) in [4.78, 5) is 29.2. The Hall–Kier alpha value is -4.00. The third kappa shape index (κ3) is 5.14. The summed E-state index contributed by atoms with van der Waals surface area (Å²) in [5.74, 6) is -0.912. The fourth-order valence-corrected chi connectivity index (χ4v) is 3.33. The minimum absolute atomic E-state index is 0.00132. The maximum absolute atomic E-state index is 12.8. The molecule has 2 heterocycles. The minimum Gasteiger partial charge on any atom is -0.452 e. The number of hydrogen-bond acceptors (Lipinski definition) is 9. The maximum Gasteiger partial charge on any atom is 0.416 e. The van der Waals surface area contributed by atoms with Crippen molar-refractivity contribution in [1.82, 2.24) is 10.1 Å². The van der Waals surface area contributed by atoms with Crippen LogP contribution in [0.1, 0.15) is 21.8 Å². The molecule has 1 saturated heterocycles. The first-order valence-electron chi connectivity index (χ1n) is 10.0. The van der Waals surface area contributed by atoms with Gasteiger partial charge in [-0.2, -0.15) is 18.2 Å². The molecule has 0 unspecified atom stereocenters. The van der Waals surface area contributed by atoms with Crippen LogP contribution in [0.5, 0.6) is 0 Å². The Morgan fingerprint density at radius 3 is 2.50 bits per heavy atom. The summed E-state index contributed by atoms with van der Waals surface area (Å²) >= 11 is 0. The molecule has 2 aromatic carbocycles. The van der Waals surface area contributed by atoms with E-state index >= 15 is 0 Å². The van der Waals surface area contributed by atoms with Crippen molar-refractivity contribution in [3.8, 4) is 11.4 Å². The molecule has 34 heavy (non-hydrogen) atoms. The molecular formula is C21H17F3N4O6. The van der Waals surface area contributed by atoms with E-state index < -0.39 is 29.2 Å². The maximum atomic E-state index is 12.8. The Balaban J connectivity index is 1.48. The lowest BCUT2D eigenvalue weighted by atomic mass is 10.1. The highest BCUT2D eigenvalue weighted by Crippen LogP contribution is 2.31. The predicted octanol–water partition coefficient (Wildman–Crippen LogP) is 3.86. The van der Waals surface area contributed by atoms with Crippen LogP contribution in [0.4, 0.5) is 24.5 Å². The second-order valence-corrected chi connectivity index (χ2v) is 7.22. The van der Waals surface area contributed by atoms with Crippen molar-refractivity contribution in [2.75, 3.05) is 31.2 Å². The summed E-state index contributed by atoms with van der Waals surface area (Å²) in [7, 11) is 0. The van der Waals surface area contributed by atoms with Gasteiger partial charge in [0.15, 0.2) is 6.61 Å². The highest BCUT2D eigenvalue weighted by molar-refractivity contribution is 5.96. The lowest BCUT2D eigenvalue weighted by Gasteiger charge is -2.30. The molecule has 0 amide bonds. The number of non-ortho nitro benzene ring substituents is 1. The number of aromatic nitrogens is 2. The average Bonchev–Trinajstić information content (AvgIpc) is 3.31. The quantitative estimate of drug-likeness (QED) is 0.295. The van der Waals surface area contributed by atoms with Gasteiger partial charge in [0.25, 0.3) is 11.6 Å². The molecule has 13 heteroatoms. The van der Waals surface area contributed by atoms with Gasteiger partial charge in [-0.15, -0.1) is 0 Å². The SMILES string of the molecule is O=C(OCc1nc(-c2ccc(C(F)(F)F)cc2)no1)c1cc([N+](=O)[O-])ccc1N1CCOCC1. The number of anilines is 1. The van der Waals surface area contributed by atoms with Gasteiger partial charge < -0.3 is 18.9 Å². The van der Waals surface area contributed by atoms with E-state index in [0.717, 1.165) is 18.2 Å². The van der Waals surface area contributed by atoms with Crippen LogP contribution in [0.2, 0.25) is 0 Å². The number of hydrogen-bond donors (Lipinski definition) is 0. The lowest BCUT2D eigenvalue weighted by Crippen LogP contribution is -2.37. The number of benzene rings is 2. The molecule has 178 valence electrons. The van der Waals surface area contributed by atoms with Crippen molar-refractivity contribution in [3.63, 3.8) is 0 Å². The number of carbonyl (C=O) groups is 1. The van der Waals surface area contributed by atoms with E-state index in [1.54, 1.807) is 0 Å². The summed E-state index contributed by atoms with van der Waals surface area (Å²) in [6.07, 6.45) is -4.47. The number of nitrogens with zero attached hydrogens (tertiary/aromatic N) is 4. The zero-order valence-electron chi connectivity index (χ0n) is 17.4. The monoisotopic (exact) mass is 478 g/mol. The fraction of sp³-hybridized carbons (Fsp3) is 0.286. The van der Waals surface area contributed by atoms with Gasteiger partial charge in [0.1, 0.15) is 0 Å². The molecule has 1 fully saturated rings. The summed E-state index contributed by atoms with van der Waals surface area (Å²) in [5.41, 5.74) is -0.343. The number of rotatable bonds is 6. The van der Waals surface area contributed by atoms with Crippen LogP contribution in [0.3, 0.4) is 0 Å². The number of halogens is 3. The Bertz CT molecular complexity index is 1190. The number of carbonyl (C=O) groups excluding carboxylic acids is 1. The number of nitro benzene ring substituents is 1. The molecule has 3 aromatic rings. The Kier molecular flexibility index (Phi) is 6.45. The third-order valence-corrected chi connectivity index (χ3v) is 5.03. The molecule has 0 radical (unpaired) electrons. The molecule has 0 spiro atoms. The molecule has 0 saturated carbocycles. The predicted molar refractivity (Wildman–Crippen MR) is 110 cm³/mol. The van der Waals surface area contributed by atoms with Crippen molar-refractivity contribution in [3.05, 3.63) is 69.6 Å². The first kappa shape index (κ1) is 23.2. The third-order valence-electron chi connectivity index (χ3n) is 5.03. The van der Waals surface area contributed by atoms with Crippen LogP contribution >= 0.6 is 0 Å². The zero-order valence-corrected chi connectivity index (χ0v) is 17.4. The second-order valence-electron chi connectivity index (χ2n) is 7.22. The average molecular weight is 478 g/mol. The smallest absolute Gasteiger partial charge is 0.416 e. The van der Waals surface area contributed by atoms with Crippen LogP contribution in [0.25, 0.3) is 11.4 Å². The Labute approximate surface area is 190 Å². The minimum atomic E-state index is -4.47. The van der Waals surface area contributed by atoms with E-state index in [2.05, 4.69) is 10.1 Å². The van der Waals surface area contributed by atoms with Crippen LogP contribution in [-0.2, 0) is 22.3 Å². The molecule has 0 N–H and O–H groups in total. The summed E-state index contributed by atoms with van der Waals surface area (Å²) < 4.78 is 53.7. The van der Waals surface area contributed by atoms with Crippen molar-refractivity contribution >= 4 is 17.3 Å². The molecule has 1 aromatic heterocycles. The number of nitro groups is 1. The number of alkyl halides is 3. The molecule has 1 aliphatic heterocycles. The lowest BCUT2D eigenvalue weighted by molar-refractivity contribution is -0.384. The topological polar surface area (TPSA) is 121 Å². The van der Waals surface area contributed by atoms with E-state index in [4.69, 9.17) is 14.0 Å². The normalized spacial score (nSPS) is 14.1. The zero-order chi connectivity index (χ0) is 24.3. The van der Waals surface area contributed by atoms with Crippen LogP contribution in [-0.4, -0.2) is 47.3 Å². The van der Waals surface area contributed by atoms with Gasteiger partial charge in [0, 0.05) is 30.8 Å². The Morgan fingerprint density at radius 2 is 1.85 bits per heavy atom. The highest BCUT2D eigenvalue weighted by Gasteiger charge is 2.30.